The standard InChI is InChI=1S/C39H27N3O/c1-3-10-26(11-4-1)28-18-22-30(23-19-28)37-40-38(31-24-20-29(21-25-31)27-12-5-2-6-13-27)42-39(41-37)33-15-9-17-35-36(33)32-14-7-8-16-34(32)43-35/h1-12,14-25,27H,13H2. The van der Waals surface area contributed by atoms with Crippen LogP contribution in [0.1, 0.15) is 17.9 Å². The molecule has 1 aliphatic rings. The minimum atomic E-state index is 0.388. The Morgan fingerprint density at radius 1 is 0.512 bits per heavy atom. The number of nitrogens with zero attached hydrogens (tertiary/aromatic N) is 3. The average Bonchev–Trinajstić information content (AvgIpc) is 3.48. The summed E-state index contributed by atoms with van der Waals surface area (Å²) >= 11 is 0. The van der Waals surface area contributed by atoms with Crippen molar-refractivity contribution in [1.29, 1.82) is 0 Å². The van der Waals surface area contributed by atoms with E-state index < -0.39 is 0 Å². The molecule has 0 radical (unpaired) electrons. The van der Waals surface area contributed by atoms with Crippen LogP contribution in [0, 0.1) is 0 Å². The summed E-state index contributed by atoms with van der Waals surface area (Å²) in [5.74, 6) is 2.28. The van der Waals surface area contributed by atoms with Gasteiger partial charge in [-0.1, -0.05) is 133 Å². The molecule has 0 saturated carbocycles. The summed E-state index contributed by atoms with van der Waals surface area (Å²) in [7, 11) is 0. The normalized spacial score (nSPS) is 14.5. The van der Waals surface area contributed by atoms with Crippen LogP contribution in [0.15, 0.2) is 150 Å². The Morgan fingerprint density at radius 2 is 1.14 bits per heavy atom. The maximum absolute atomic E-state index is 6.19. The highest BCUT2D eigenvalue weighted by molar-refractivity contribution is 6.11. The van der Waals surface area contributed by atoms with E-state index in [9.17, 15) is 0 Å². The number of rotatable bonds is 5. The topological polar surface area (TPSA) is 51.8 Å². The van der Waals surface area contributed by atoms with Crippen LogP contribution in [-0.4, -0.2) is 15.0 Å². The lowest BCUT2D eigenvalue weighted by molar-refractivity contribution is 0.669. The number of fused-ring (bicyclic) bond motifs is 3. The third kappa shape index (κ3) is 4.73. The number of hydrogen-bond donors (Lipinski definition) is 0. The van der Waals surface area contributed by atoms with E-state index in [0.29, 0.717) is 23.4 Å². The zero-order valence-electron chi connectivity index (χ0n) is 23.4. The minimum absolute atomic E-state index is 0.388. The summed E-state index contributed by atoms with van der Waals surface area (Å²) in [5.41, 5.74) is 8.07. The van der Waals surface area contributed by atoms with Crippen LogP contribution in [-0.2, 0) is 0 Å². The van der Waals surface area contributed by atoms with E-state index in [1.165, 1.54) is 11.1 Å². The van der Waals surface area contributed by atoms with Gasteiger partial charge in [0.15, 0.2) is 17.5 Å². The van der Waals surface area contributed by atoms with Gasteiger partial charge in [0.25, 0.3) is 0 Å². The fourth-order valence-corrected chi connectivity index (χ4v) is 5.87. The van der Waals surface area contributed by atoms with Gasteiger partial charge in [-0.3, -0.25) is 0 Å². The van der Waals surface area contributed by atoms with E-state index in [1.54, 1.807) is 0 Å². The first-order valence-corrected chi connectivity index (χ1v) is 14.6. The fourth-order valence-electron chi connectivity index (χ4n) is 5.87. The summed E-state index contributed by atoms with van der Waals surface area (Å²) in [5, 5.41) is 2.05. The summed E-state index contributed by atoms with van der Waals surface area (Å²) in [6.45, 7) is 0. The lowest BCUT2D eigenvalue weighted by Gasteiger charge is -2.14. The molecule has 0 N–H and O–H groups in total. The van der Waals surface area contributed by atoms with Crippen molar-refractivity contribution in [2.45, 2.75) is 12.3 Å². The molecule has 0 bridgehead atoms. The Balaban J connectivity index is 1.27. The third-order valence-corrected chi connectivity index (χ3v) is 8.11. The molecule has 43 heavy (non-hydrogen) atoms. The van der Waals surface area contributed by atoms with Crippen molar-refractivity contribution < 1.29 is 4.42 Å². The smallest absolute Gasteiger partial charge is 0.164 e. The highest BCUT2D eigenvalue weighted by Gasteiger charge is 2.18. The quantitative estimate of drug-likeness (QED) is 0.213. The van der Waals surface area contributed by atoms with E-state index in [1.807, 2.05) is 36.4 Å². The molecule has 5 aromatic carbocycles. The molecule has 4 nitrogen and oxygen atoms in total. The molecule has 2 heterocycles. The Kier molecular flexibility index (Phi) is 6.23. The van der Waals surface area contributed by atoms with Crippen molar-refractivity contribution >= 4 is 21.9 Å². The second-order valence-corrected chi connectivity index (χ2v) is 10.8. The molecule has 1 atom stereocenters. The van der Waals surface area contributed by atoms with Gasteiger partial charge in [0, 0.05) is 33.4 Å². The monoisotopic (exact) mass is 553 g/mol. The van der Waals surface area contributed by atoms with Gasteiger partial charge in [-0.15, -0.1) is 0 Å². The molecule has 0 spiro atoms. The Hall–Kier alpha value is -5.61. The van der Waals surface area contributed by atoms with Crippen LogP contribution in [0.4, 0.5) is 0 Å². The van der Waals surface area contributed by atoms with Gasteiger partial charge in [0.1, 0.15) is 11.2 Å². The molecule has 4 heteroatoms. The largest absolute Gasteiger partial charge is 0.456 e. The van der Waals surface area contributed by atoms with Gasteiger partial charge >= 0.3 is 0 Å². The predicted octanol–water partition coefficient (Wildman–Crippen LogP) is 10.0. The number of hydrogen-bond acceptors (Lipinski definition) is 4. The molecular weight excluding hydrogens is 526 g/mol. The molecule has 0 saturated heterocycles. The molecule has 0 aliphatic heterocycles. The summed E-state index contributed by atoms with van der Waals surface area (Å²) in [4.78, 5) is 15.1. The van der Waals surface area contributed by atoms with Gasteiger partial charge in [-0.2, -0.15) is 0 Å². The number of furan rings is 1. The maximum atomic E-state index is 6.19. The number of para-hydroxylation sites is 1. The van der Waals surface area contributed by atoms with Crippen LogP contribution in [0.3, 0.4) is 0 Å². The molecule has 0 amide bonds. The summed E-state index contributed by atoms with van der Waals surface area (Å²) in [6, 6.07) is 41.6. The molecule has 0 fully saturated rings. The van der Waals surface area contributed by atoms with Crippen molar-refractivity contribution in [3.05, 3.63) is 151 Å². The summed E-state index contributed by atoms with van der Waals surface area (Å²) in [6.07, 6.45) is 9.71. The fraction of sp³-hybridized carbons (Fsp3) is 0.0513. The first-order chi connectivity index (χ1) is 21.3. The van der Waals surface area contributed by atoms with Crippen molar-refractivity contribution in [3.63, 3.8) is 0 Å². The highest BCUT2D eigenvalue weighted by atomic mass is 16.3. The van der Waals surface area contributed by atoms with Crippen LogP contribution >= 0.6 is 0 Å². The van der Waals surface area contributed by atoms with E-state index in [2.05, 4.69) is 109 Å². The Morgan fingerprint density at radius 3 is 1.88 bits per heavy atom. The van der Waals surface area contributed by atoms with Gasteiger partial charge in [-0.05, 0) is 35.2 Å². The lowest BCUT2D eigenvalue weighted by Crippen LogP contribution is -2.01. The number of aromatic nitrogens is 3. The van der Waals surface area contributed by atoms with Gasteiger partial charge in [0.2, 0.25) is 0 Å². The molecule has 7 aromatic rings. The molecule has 204 valence electrons. The molecule has 2 aromatic heterocycles. The van der Waals surface area contributed by atoms with E-state index in [0.717, 1.165) is 50.6 Å². The average molecular weight is 554 g/mol. The van der Waals surface area contributed by atoms with E-state index in [-0.39, 0.29) is 0 Å². The third-order valence-electron chi connectivity index (χ3n) is 8.11. The van der Waals surface area contributed by atoms with Crippen LogP contribution < -0.4 is 0 Å². The first-order valence-electron chi connectivity index (χ1n) is 14.6. The van der Waals surface area contributed by atoms with E-state index in [4.69, 9.17) is 19.4 Å². The number of benzene rings is 5. The minimum Gasteiger partial charge on any atom is -0.456 e. The van der Waals surface area contributed by atoms with Crippen molar-refractivity contribution in [3.8, 4) is 45.3 Å². The van der Waals surface area contributed by atoms with Crippen molar-refractivity contribution in [2.75, 3.05) is 0 Å². The SMILES string of the molecule is C1=CCC(c2ccc(-c3nc(-c4ccc(-c5ccccc5)cc4)nc(-c4cccc5oc6ccccc6c45)n3)cc2)C=C1. The van der Waals surface area contributed by atoms with Gasteiger partial charge < -0.3 is 4.42 Å². The van der Waals surface area contributed by atoms with Crippen molar-refractivity contribution in [2.24, 2.45) is 0 Å². The Labute approximate surface area is 249 Å². The van der Waals surface area contributed by atoms with Gasteiger partial charge in [-0.25, -0.2) is 15.0 Å². The number of allylic oxidation sites excluding steroid dienone is 4. The highest BCUT2D eigenvalue weighted by Crippen LogP contribution is 2.37. The zero-order valence-corrected chi connectivity index (χ0v) is 23.4. The van der Waals surface area contributed by atoms with E-state index >= 15 is 0 Å². The molecule has 1 unspecified atom stereocenters. The predicted molar refractivity (Wildman–Crippen MR) is 174 cm³/mol. The summed E-state index contributed by atoms with van der Waals surface area (Å²) < 4.78 is 6.19. The molecule has 1 aliphatic carbocycles. The second-order valence-electron chi connectivity index (χ2n) is 10.8. The Bertz CT molecular complexity index is 2140. The maximum Gasteiger partial charge on any atom is 0.164 e. The van der Waals surface area contributed by atoms with Crippen LogP contribution in [0.2, 0.25) is 0 Å². The zero-order chi connectivity index (χ0) is 28.6. The second kappa shape index (κ2) is 10.7. The lowest BCUT2D eigenvalue weighted by atomic mass is 9.92. The van der Waals surface area contributed by atoms with Crippen molar-refractivity contribution in [1.82, 2.24) is 15.0 Å². The first kappa shape index (κ1) is 25.1. The molecular formula is C39H27N3O. The van der Waals surface area contributed by atoms with Crippen LogP contribution in [0.25, 0.3) is 67.2 Å². The molecule has 8 rings (SSSR count). The van der Waals surface area contributed by atoms with Gasteiger partial charge in [0.05, 0.1) is 0 Å². The van der Waals surface area contributed by atoms with Crippen LogP contribution in [0.5, 0.6) is 0 Å².